The van der Waals surface area contributed by atoms with Crippen LogP contribution in [0.15, 0.2) is 35.3 Å². The third kappa shape index (κ3) is 5.44. The Balaban J connectivity index is 0.000000352. The molecule has 32 heavy (non-hydrogen) atoms. The zero-order valence-electron chi connectivity index (χ0n) is 17.5. The van der Waals surface area contributed by atoms with Crippen molar-refractivity contribution in [1.29, 1.82) is 0 Å². The standard InChI is InChI=1S/C17H12ClFN2O4.C6H12O/c1-25-16-9(5-8-3-2-4-12(18)13(8)19)6-10-14(22)11(17(23)24)7-20-15(10)21-16;7-6-4-2-1-3-5-6/h2-4,6-7H,5H2,1H3,(H,23,24)(H,20,21,22);6-7H,1-5H2. The number of fused-ring (bicyclic) bond motifs is 1. The molecule has 0 spiro atoms. The second kappa shape index (κ2) is 10.6. The van der Waals surface area contributed by atoms with Gasteiger partial charge in [-0.1, -0.05) is 43.0 Å². The fourth-order valence-corrected chi connectivity index (χ4v) is 3.80. The lowest BCUT2D eigenvalue weighted by atomic mass is 9.98. The first kappa shape index (κ1) is 23.7. The maximum atomic E-state index is 14.1. The van der Waals surface area contributed by atoms with E-state index in [-0.39, 0.29) is 34.5 Å². The smallest absolute Gasteiger partial charge is 0.341 e. The molecule has 2 aromatic heterocycles. The number of aromatic carboxylic acids is 1. The number of hydrogen-bond donors (Lipinski definition) is 3. The number of nitrogens with zero attached hydrogens (tertiary/aromatic N) is 1. The van der Waals surface area contributed by atoms with Crippen LogP contribution in [0.1, 0.15) is 53.6 Å². The molecule has 170 valence electrons. The van der Waals surface area contributed by atoms with Crippen molar-refractivity contribution in [2.45, 2.75) is 44.6 Å². The maximum Gasteiger partial charge on any atom is 0.341 e. The number of ether oxygens (including phenoxy) is 1. The van der Waals surface area contributed by atoms with E-state index in [0.717, 1.165) is 19.0 Å². The number of pyridine rings is 2. The summed E-state index contributed by atoms with van der Waals surface area (Å²) in [6, 6.07) is 6.05. The van der Waals surface area contributed by atoms with Crippen molar-refractivity contribution in [2.24, 2.45) is 0 Å². The number of hydrogen-bond acceptors (Lipinski definition) is 5. The molecule has 0 amide bonds. The molecule has 1 aliphatic rings. The number of methoxy groups -OCH3 is 1. The van der Waals surface area contributed by atoms with Crippen molar-refractivity contribution < 1.29 is 24.1 Å². The number of nitrogens with one attached hydrogen (secondary N) is 1. The molecule has 0 atom stereocenters. The third-order valence-corrected chi connectivity index (χ3v) is 5.61. The Bertz CT molecular complexity index is 1170. The minimum atomic E-state index is -1.35. The first-order valence-corrected chi connectivity index (χ1v) is 10.6. The molecule has 4 rings (SSSR count). The number of aliphatic hydroxyl groups is 1. The van der Waals surface area contributed by atoms with Crippen LogP contribution in [0.25, 0.3) is 11.0 Å². The number of carboxylic acids is 1. The van der Waals surface area contributed by atoms with Crippen molar-refractivity contribution in [2.75, 3.05) is 7.11 Å². The molecular formula is C23H24ClFN2O5. The van der Waals surface area contributed by atoms with Gasteiger partial charge in [-0.05, 0) is 30.5 Å². The van der Waals surface area contributed by atoms with E-state index in [1.54, 1.807) is 12.1 Å². The van der Waals surface area contributed by atoms with Gasteiger partial charge in [0.05, 0.1) is 23.6 Å². The molecule has 0 aliphatic heterocycles. The minimum Gasteiger partial charge on any atom is -0.481 e. The van der Waals surface area contributed by atoms with Crippen LogP contribution in [0.3, 0.4) is 0 Å². The summed E-state index contributed by atoms with van der Waals surface area (Å²) in [5.41, 5.74) is -0.160. The number of carbonyl (C=O) groups is 1. The summed E-state index contributed by atoms with van der Waals surface area (Å²) in [7, 11) is 1.40. The second-order valence-electron chi connectivity index (χ2n) is 7.57. The number of H-pyrrole nitrogens is 1. The highest BCUT2D eigenvalue weighted by molar-refractivity contribution is 6.30. The lowest BCUT2D eigenvalue weighted by Gasteiger charge is -2.14. The van der Waals surface area contributed by atoms with Gasteiger partial charge in [-0.3, -0.25) is 4.79 Å². The topological polar surface area (TPSA) is 113 Å². The normalized spacial score (nSPS) is 14.0. The van der Waals surface area contributed by atoms with E-state index in [1.165, 1.54) is 38.5 Å². The van der Waals surface area contributed by atoms with Gasteiger partial charge >= 0.3 is 5.97 Å². The van der Waals surface area contributed by atoms with E-state index < -0.39 is 22.8 Å². The summed E-state index contributed by atoms with van der Waals surface area (Å²) >= 11 is 5.79. The quantitative estimate of drug-likeness (QED) is 0.532. The summed E-state index contributed by atoms with van der Waals surface area (Å²) in [4.78, 5) is 30.3. The molecule has 2 heterocycles. The molecule has 1 fully saturated rings. The number of halogens is 2. The number of aromatic nitrogens is 2. The number of aromatic amines is 1. The van der Waals surface area contributed by atoms with E-state index in [1.807, 2.05) is 0 Å². The zero-order chi connectivity index (χ0) is 23.3. The van der Waals surface area contributed by atoms with Crippen molar-refractivity contribution >= 4 is 28.6 Å². The number of benzene rings is 1. The van der Waals surface area contributed by atoms with Gasteiger partial charge < -0.3 is 19.9 Å². The molecule has 0 radical (unpaired) electrons. The second-order valence-corrected chi connectivity index (χ2v) is 7.98. The first-order valence-electron chi connectivity index (χ1n) is 10.2. The number of carboxylic acid groups (broad SMARTS) is 1. The molecule has 1 saturated carbocycles. The molecule has 3 N–H and O–H groups in total. The summed E-state index contributed by atoms with van der Waals surface area (Å²) in [5, 5.41) is 18.0. The maximum absolute atomic E-state index is 14.1. The summed E-state index contributed by atoms with van der Waals surface area (Å²) < 4.78 is 19.4. The Kier molecular flexibility index (Phi) is 7.82. The van der Waals surface area contributed by atoms with Crippen LogP contribution in [-0.4, -0.2) is 39.4 Å². The van der Waals surface area contributed by atoms with Crippen LogP contribution in [-0.2, 0) is 6.42 Å². The van der Waals surface area contributed by atoms with Crippen LogP contribution in [0.5, 0.6) is 5.88 Å². The van der Waals surface area contributed by atoms with Crippen molar-refractivity contribution in [1.82, 2.24) is 9.97 Å². The average Bonchev–Trinajstić information content (AvgIpc) is 2.78. The van der Waals surface area contributed by atoms with Crippen LogP contribution in [0, 0.1) is 5.82 Å². The SMILES string of the molecule is COc1nc2[nH]cc(C(=O)O)c(=O)c2cc1Cc1cccc(Cl)c1F.OC1CCCCC1. The predicted octanol–water partition coefficient (Wildman–Crippen LogP) is 4.32. The summed E-state index contributed by atoms with van der Waals surface area (Å²) in [6.07, 6.45) is 7.08. The van der Waals surface area contributed by atoms with E-state index in [0.29, 0.717) is 11.1 Å². The van der Waals surface area contributed by atoms with Gasteiger partial charge in [0.1, 0.15) is 17.0 Å². The van der Waals surface area contributed by atoms with E-state index in [2.05, 4.69) is 9.97 Å². The molecule has 0 saturated heterocycles. The van der Waals surface area contributed by atoms with Gasteiger partial charge in [-0.15, -0.1) is 0 Å². The molecular weight excluding hydrogens is 439 g/mol. The molecule has 1 aromatic carbocycles. The minimum absolute atomic E-state index is 0.0174. The summed E-state index contributed by atoms with van der Waals surface area (Å²) in [6.45, 7) is 0. The lowest BCUT2D eigenvalue weighted by molar-refractivity contribution is 0.0695. The molecule has 1 aliphatic carbocycles. The largest absolute Gasteiger partial charge is 0.481 e. The summed E-state index contributed by atoms with van der Waals surface area (Å²) in [5.74, 6) is -1.72. The van der Waals surface area contributed by atoms with Crippen molar-refractivity contribution in [3.8, 4) is 5.88 Å². The monoisotopic (exact) mass is 462 g/mol. The molecule has 3 aromatic rings. The van der Waals surface area contributed by atoms with Gasteiger partial charge in [0.2, 0.25) is 11.3 Å². The molecule has 0 bridgehead atoms. The highest BCUT2D eigenvalue weighted by Crippen LogP contribution is 2.26. The molecule has 0 unspecified atom stereocenters. The van der Waals surface area contributed by atoms with Gasteiger partial charge in [0.15, 0.2) is 0 Å². The fourth-order valence-electron chi connectivity index (χ4n) is 3.61. The third-order valence-electron chi connectivity index (χ3n) is 5.32. The molecule has 9 heteroatoms. The Hall–Kier alpha value is -2.97. The highest BCUT2D eigenvalue weighted by Gasteiger charge is 2.17. The predicted molar refractivity (Wildman–Crippen MR) is 119 cm³/mol. The lowest BCUT2D eigenvalue weighted by Crippen LogP contribution is -2.16. The first-order chi connectivity index (χ1) is 15.3. The van der Waals surface area contributed by atoms with Crippen LogP contribution >= 0.6 is 11.6 Å². The van der Waals surface area contributed by atoms with E-state index in [9.17, 15) is 14.0 Å². The Morgan fingerprint density at radius 2 is 2.00 bits per heavy atom. The van der Waals surface area contributed by atoms with Crippen LogP contribution in [0.4, 0.5) is 4.39 Å². The van der Waals surface area contributed by atoms with Crippen LogP contribution in [0.2, 0.25) is 5.02 Å². The van der Waals surface area contributed by atoms with Crippen LogP contribution < -0.4 is 10.2 Å². The Morgan fingerprint density at radius 1 is 1.28 bits per heavy atom. The van der Waals surface area contributed by atoms with Crippen molar-refractivity contribution in [3.63, 3.8) is 0 Å². The van der Waals surface area contributed by atoms with Gasteiger partial charge in [0, 0.05) is 18.2 Å². The van der Waals surface area contributed by atoms with Crippen molar-refractivity contribution in [3.05, 3.63) is 68.2 Å². The highest BCUT2D eigenvalue weighted by atomic mass is 35.5. The zero-order valence-corrected chi connectivity index (χ0v) is 18.3. The fraction of sp³-hybridized carbons (Fsp3) is 0.348. The van der Waals surface area contributed by atoms with E-state index in [4.69, 9.17) is 26.6 Å². The number of rotatable bonds is 4. The Morgan fingerprint density at radius 3 is 2.59 bits per heavy atom. The van der Waals surface area contributed by atoms with Gasteiger partial charge in [-0.2, -0.15) is 4.98 Å². The number of aliphatic hydroxyl groups excluding tert-OH is 1. The average molecular weight is 463 g/mol. The van der Waals surface area contributed by atoms with Gasteiger partial charge in [-0.25, -0.2) is 9.18 Å². The Labute approximate surface area is 188 Å². The molecule has 7 nitrogen and oxygen atoms in total. The van der Waals surface area contributed by atoms with Gasteiger partial charge in [0.25, 0.3) is 0 Å². The van der Waals surface area contributed by atoms with E-state index >= 15 is 0 Å².